The monoisotopic (exact) mass is 702 g/mol. The summed E-state index contributed by atoms with van der Waals surface area (Å²) in [5.74, 6) is -1.50. The highest BCUT2D eigenvalue weighted by Crippen LogP contribution is 2.66. The summed E-state index contributed by atoms with van der Waals surface area (Å²) in [5, 5.41) is 27.3. The molecule has 2 saturated heterocycles. The molecule has 0 bridgehead atoms. The van der Waals surface area contributed by atoms with E-state index in [-0.39, 0.29) is 19.2 Å². The second-order valence-corrected chi connectivity index (χ2v) is 14.4. The number of carbonyl (C=O) groups is 4. The molecule has 3 fully saturated rings. The van der Waals surface area contributed by atoms with Gasteiger partial charge in [-0.2, -0.15) is 0 Å². The lowest BCUT2D eigenvalue weighted by Crippen LogP contribution is -2.82. The molecular formula is C37H46N6O8. The van der Waals surface area contributed by atoms with Crippen molar-refractivity contribution in [3.63, 3.8) is 0 Å². The van der Waals surface area contributed by atoms with Crippen LogP contribution >= 0.6 is 0 Å². The summed E-state index contributed by atoms with van der Waals surface area (Å²) in [6, 6.07) is 13.0. The number of amides is 4. The van der Waals surface area contributed by atoms with Gasteiger partial charge >= 0.3 is 6.09 Å². The van der Waals surface area contributed by atoms with E-state index < -0.39 is 58.4 Å². The van der Waals surface area contributed by atoms with Gasteiger partial charge in [-0.15, -0.1) is 0 Å². The number of methoxy groups -OCH3 is 1. The van der Waals surface area contributed by atoms with E-state index in [0.717, 1.165) is 23.4 Å². The molecule has 4 amide bonds. The molecule has 7 atom stereocenters. The third-order valence-corrected chi connectivity index (χ3v) is 12.0. The summed E-state index contributed by atoms with van der Waals surface area (Å²) in [4.78, 5) is 58.7. The molecule has 51 heavy (non-hydrogen) atoms. The van der Waals surface area contributed by atoms with E-state index >= 15 is 0 Å². The number of alkyl carbamates (subject to hydrolysis) is 1. The summed E-state index contributed by atoms with van der Waals surface area (Å²) < 4.78 is 10.7. The first-order valence-corrected chi connectivity index (χ1v) is 17.6. The van der Waals surface area contributed by atoms with Crippen LogP contribution in [0, 0.1) is 5.41 Å². The third kappa shape index (κ3) is 5.38. The smallest absolute Gasteiger partial charge is 0.414 e. The fourth-order valence-corrected chi connectivity index (χ4v) is 9.91. The van der Waals surface area contributed by atoms with Gasteiger partial charge in [-0.05, 0) is 56.0 Å². The van der Waals surface area contributed by atoms with Crippen LogP contribution < -0.4 is 25.8 Å². The molecule has 1 aliphatic carbocycles. The van der Waals surface area contributed by atoms with Gasteiger partial charge in [0.2, 0.25) is 5.91 Å². The number of imide groups is 1. The number of aliphatic hydroxyl groups is 2. The molecule has 5 N–H and O–H groups in total. The van der Waals surface area contributed by atoms with Crippen LogP contribution in [0.2, 0.25) is 0 Å². The minimum absolute atomic E-state index is 0.00205. The van der Waals surface area contributed by atoms with E-state index in [4.69, 9.17) is 9.47 Å². The van der Waals surface area contributed by atoms with Crippen molar-refractivity contribution in [2.75, 3.05) is 45.2 Å². The van der Waals surface area contributed by atoms with E-state index in [0.29, 0.717) is 44.5 Å². The predicted molar refractivity (Wildman–Crippen MR) is 185 cm³/mol. The number of likely N-dealkylation sites (N-methyl/N-ethyl adjacent to an activating group) is 1. The maximum absolute atomic E-state index is 14.4. The summed E-state index contributed by atoms with van der Waals surface area (Å²) in [6.07, 6.45) is 3.71. The highest BCUT2D eigenvalue weighted by Gasteiger charge is 2.78. The quantitative estimate of drug-likeness (QED) is 0.196. The molecular weight excluding hydrogens is 656 g/mol. The number of nitrogens with one attached hydrogen (secondary N) is 3. The number of hydrazine groups is 1. The molecule has 272 valence electrons. The fraction of sp³-hybridized carbons (Fsp3) is 0.514. The largest absolute Gasteiger partial charge is 0.497 e. The van der Waals surface area contributed by atoms with Crippen molar-refractivity contribution < 1.29 is 38.9 Å². The number of benzene rings is 2. The number of rotatable bonds is 8. The number of aliphatic hydroxyl groups excluding tert-OH is 1. The number of hydrogen-bond donors (Lipinski definition) is 5. The predicted octanol–water partition coefficient (Wildman–Crippen LogP) is 0.962. The van der Waals surface area contributed by atoms with Crippen LogP contribution in [-0.2, 0) is 31.1 Å². The van der Waals surface area contributed by atoms with E-state index in [9.17, 15) is 29.4 Å². The highest BCUT2D eigenvalue weighted by molar-refractivity contribution is 5.94. The summed E-state index contributed by atoms with van der Waals surface area (Å²) in [7, 11) is 3.41. The van der Waals surface area contributed by atoms with Crippen LogP contribution in [0.4, 0.5) is 10.5 Å². The molecule has 5 aliphatic rings. The fourth-order valence-electron chi connectivity index (χ4n) is 9.91. The Morgan fingerprint density at radius 3 is 2.57 bits per heavy atom. The summed E-state index contributed by atoms with van der Waals surface area (Å²) >= 11 is 0. The normalized spacial score (nSPS) is 32.1. The highest BCUT2D eigenvalue weighted by atomic mass is 16.5. The minimum Gasteiger partial charge on any atom is -0.497 e. The zero-order valence-electron chi connectivity index (χ0n) is 29.1. The molecule has 0 aromatic heterocycles. The van der Waals surface area contributed by atoms with Gasteiger partial charge in [-0.1, -0.05) is 55.5 Å². The first kappa shape index (κ1) is 34.9. The lowest BCUT2D eigenvalue weighted by atomic mass is 9.47. The van der Waals surface area contributed by atoms with Crippen molar-refractivity contribution in [3.8, 4) is 5.75 Å². The Kier molecular flexibility index (Phi) is 9.07. The van der Waals surface area contributed by atoms with Crippen molar-refractivity contribution in [3.05, 3.63) is 71.8 Å². The summed E-state index contributed by atoms with van der Waals surface area (Å²) in [6.45, 7) is 3.57. The molecule has 1 spiro atoms. The molecule has 0 radical (unpaired) electrons. The molecule has 1 saturated carbocycles. The van der Waals surface area contributed by atoms with Crippen molar-refractivity contribution >= 4 is 29.5 Å². The lowest BCUT2D eigenvalue weighted by Gasteiger charge is -2.63. The van der Waals surface area contributed by atoms with Gasteiger partial charge in [0.05, 0.1) is 25.7 Å². The SMILES string of the molecule is CC[C@]12C=CCN3CC[C@@]4(c5ccc(OC)cc5N(C)C4[C@@](O)(C(=O)NNC(=O)[C@@H]4CCCN4CC(=O)NC(=O)OCc4ccccc4)[C@@H]1O)[C@@H]32. The maximum Gasteiger partial charge on any atom is 0.414 e. The van der Waals surface area contributed by atoms with Crippen molar-refractivity contribution in [1.82, 2.24) is 26.0 Å². The second-order valence-electron chi connectivity index (χ2n) is 14.4. The number of nitrogens with zero attached hydrogens (tertiary/aromatic N) is 3. The van der Waals surface area contributed by atoms with E-state index in [1.807, 2.05) is 67.4 Å². The number of anilines is 1. The number of fused-ring (bicyclic) bond motifs is 1. The van der Waals surface area contributed by atoms with E-state index in [2.05, 4.69) is 21.1 Å². The molecule has 4 aliphatic heterocycles. The Hall–Kier alpha value is -4.50. The van der Waals surface area contributed by atoms with Gasteiger partial charge in [-0.3, -0.25) is 40.4 Å². The van der Waals surface area contributed by atoms with Crippen LogP contribution in [0.25, 0.3) is 0 Å². The van der Waals surface area contributed by atoms with Crippen molar-refractivity contribution in [2.45, 2.75) is 74.5 Å². The van der Waals surface area contributed by atoms with Gasteiger partial charge in [0, 0.05) is 42.2 Å². The van der Waals surface area contributed by atoms with Gasteiger partial charge in [0.1, 0.15) is 18.5 Å². The Morgan fingerprint density at radius 2 is 1.82 bits per heavy atom. The van der Waals surface area contributed by atoms with Gasteiger partial charge in [0.15, 0.2) is 5.60 Å². The molecule has 2 aromatic rings. The Bertz CT molecular complexity index is 1740. The zero-order valence-corrected chi connectivity index (χ0v) is 29.1. The maximum atomic E-state index is 14.4. The van der Waals surface area contributed by atoms with Gasteiger partial charge in [-0.25, -0.2) is 4.79 Å². The van der Waals surface area contributed by atoms with E-state index in [1.54, 1.807) is 24.1 Å². The van der Waals surface area contributed by atoms with Gasteiger partial charge in [0.25, 0.3) is 11.8 Å². The Balaban J connectivity index is 1.08. The Morgan fingerprint density at radius 1 is 1.04 bits per heavy atom. The van der Waals surface area contributed by atoms with Crippen LogP contribution in [0.1, 0.15) is 43.7 Å². The second kappa shape index (κ2) is 13.2. The number of ether oxygens (including phenoxy) is 2. The number of carbonyl (C=O) groups excluding carboxylic acids is 4. The average molecular weight is 703 g/mol. The van der Waals surface area contributed by atoms with Crippen LogP contribution in [-0.4, -0.2) is 114 Å². The Labute approximate surface area is 296 Å². The summed E-state index contributed by atoms with van der Waals surface area (Å²) in [5.41, 5.74) is 3.51. The third-order valence-electron chi connectivity index (χ3n) is 12.0. The topological polar surface area (TPSA) is 173 Å². The molecule has 14 nitrogen and oxygen atoms in total. The number of hydrogen-bond acceptors (Lipinski definition) is 11. The van der Waals surface area contributed by atoms with Crippen molar-refractivity contribution in [2.24, 2.45) is 5.41 Å². The number of likely N-dealkylation sites (tertiary alicyclic amines) is 1. The molecule has 4 heterocycles. The zero-order chi connectivity index (χ0) is 36.1. The van der Waals surface area contributed by atoms with Crippen LogP contribution in [0.5, 0.6) is 5.75 Å². The van der Waals surface area contributed by atoms with Gasteiger partial charge < -0.3 is 24.6 Å². The van der Waals surface area contributed by atoms with Crippen molar-refractivity contribution in [1.29, 1.82) is 0 Å². The lowest BCUT2D eigenvalue weighted by molar-refractivity contribution is -0.204. The molecule has 1 unspecified atom stereocenters. The molecule has 2 aromatic carbocycles. The first-order chi connectivity index (χ1) is 24.5. The first-order valence-electron chi connectivity index (χ1n) is 17.6. The molecule has 7 rings (SSSR count). The standard InChI is InChI=1S/C37H46N6O8/c1-4-35-15-9-18-42-19-16-36(30(35)42)25-14-13-24(50-3)20-27(25)41(2)31(36)37(49,32(35)46)33(47)40-39-29(45)26-12-8-17-43(26)21-28(44)38-34(48)51-22-23-10-6-5-7-11-23/h5-7,9-11,13-15,20,26,30-32,46,49H,4,8,12,16-19,21-22H2,1-3H3,(H,39,45)(H,40,47)(H,38,44,48)/t26-,30-,31?,32+,35+,36+,37-/m0/s1. The van der Waals surface area contributed by atoms with E-state index in [1.165, 1.54) is 0 Å². The van der Waals surface area contributed by atoms with Crippen LogP contribution in [0.15, 0.2) is 60.7 Å². The van der Waals surface area contributed by atoms with Crippen LogP contribution in [0.3, 0.4) is 0 Å². The molecule has 14 heteroatoms. The minimum atomic E-state index is -2.35. The average Bonchev–Trinajstić information content (AvgIpc) is 3.84.